The molecule has 1 aliphatic carbocycles. The molecule has 7 heteroatoms. The summed E-state index contributed by atoms with van der Waals surface area (Å²) < 4.78 is 5.91. The number of carbonyl (C=O) groups excluding carboxylic acids is 1. The molecule has 0 saturated heterocycles. The first-order valence-electron chi connectivity index (χ1n) is 9.68. The lowest BCUT2D eigenvalue weighted by Crippen LogP contribution is -2.30. The fourth-order valence-corrected chi connectivity index (χ4v) is 4.41. The van der Waals surface area contributed by atoms with Gasteiger partial charge in [0, 0.05) is 24.4 Å². The standard InChI is InChI=1S/C21H24N4O2S/c1-13-9-18(28-12-13)19(26)23-10-15-4-7-16(8-5-15)20-24-25-21(27-20)17-6-3-14(2)22-11-17/h3,6,9,11-12,15-16H,4-5,7-8,10H2,1-2H3,(H,23,26). The van der Waals surface area contributed by atoms with Crippen LogP contribution in [0, 0.1) is 19.8 Å². The van der Waals surface area contributed by atoms with Gasteiger partial charge in [-0.3, -0.25) is 9.78 Å². The second-order valence-corrected chi connectivity index (χ2v) is 8.46. The van der Waals surface area contributed by atoms with Crippen LogP contribution in [0.2, 0.25) is 0 Å². The van der Waals surface area contributed by atoms with Gasteiger partial charge in [0.15, 0.2) is 0 Å². The minimum Gasteiger partial charge on any atom is -0.420 e. The summed E-state index contributed by atoms with van der Waals surface area (Å²) in [7, 11) is 0. The van der Waals surface area contributed by atoms with Crippen LogP contribution in [0.25, 0.3) is 11.5 Å². The quantitative estimate of drug-likeness (QED) is 0.686. The Hall–Kier alpha value is -2.54. The van der Waals surface area contributed by atoms with Crippen molar-refractivity contribution in [3.8, 4) is 11.5 Å². The van der Waals surface area contributed by atoms with Crippen molar-refractivity contribution in [2.24, 2.45) is 5.92 Å². The van der Waals surface area contributed by atoms with Gasteiger partial charge >= 0.3 is 0 Å². The maximum absolute atomic E-state index is 12.2. The highest BCUT2D eigenvalue weighted by molar-refractivity contribution is 7.12. The number of aromatic nitrogens is 3. The lowest BCUT2D eigenvalue weighted by molar-refractivity contribution is 0.0946. The van der Waals surface area contributed by atoms with E-state index in [1.807, 2.05) is 37.4 Å². The molecular formula is C21H24N4O2S. The number of pyridine rings is 1. The van der Waals surface area contributed by atoms with Crippen molar-refractivity contribution < 1.29 is 9.21 Å². The predicted octanol–water partition coefficient (Wildman–Crippen LogP) is 4.51. The minimum absolute atomic E-state index is 0.0356. The van der Waals surface area contributed by atoms with E-state index in [2.05, 4.69) is 20.5 Å². The Kier molecular flexibility index (Phi) is 5.52. The molecule has 1 amide bonds. The van der Waals surface area contributed by atoms with E-state index in [-0.39, 0.29) is 5.91 Å². The van der Waals surface area contributed by atoms with Crippen LogP contribution in [0.5, 0.6) is 0 Å². The molecule has 0 radical (unpaired) electrons. The molecule has 4 rings (SSSR count). The van der Waals surface area contributed by atoms with E-state index < -0.39 is 0 Å². The zero-order chi connectivity index (χ0) is 19.5. The molecule has 1 N–H and O–H groups in total. The van der Waals surface area contributed by atoms with Gasteiger partial charge in [0.25, 0.3) is 5.91 Å². The highest BCUT2D eigenvalue weighted by Gasteiger charge is 2.27. The molecule has 146 valence electrons. The summed E-state index contributed by atoms with van der Waals surface area (Å²) in [5.41, 5.74) is 2.95. The van der Waals surface area contributed by atoms with E-state index in [9.17, 15) is 4.79 Å². The number of hydrogen-bond donors (Lipinski definition) is 1. The largest absolute Gasteiger partial charge is 0.420 e. The Morgan fingerprint density at radius 1 is 1.21 bits per heavy atom. The molecular weight excluding hydrogens is 372 g/mol. The van der Waals surface area contributed by atoms with Crippen LogP contribution in [-0.2, 0) is 0 Å². The smallest absolute Gasteiger partial charge is 0.261 e. The Labute approximate surface area is 168 Å². The van der Waals surface area contributed by atoms with E-state index >= 15 is 0 Å². The van der Waals surface area contributed by atoms with Crippen LogP contribution in [-0.4, -0.2) is 27.6 Å². The number of amides is 1. The number of aryl methyl sites for hydroxylation is 2. The summed E-state index contributed by atoms with van der Waals surface area (Å²) in [5, 5.41) is 13.5. The second kappa shape index (κ2) is 8.22. The number of hydrogen-bond acceptors (Lipinski definition) is 6. The van der Waals surface area contributed by atoms with Crippen LogP contribution >= 0.6 is 11.3 Å². The first kappa shape index (κ1) is 18.8. The summed E-state index contributed by atoms with van der Waals surface area (Å²) in [5.74, 6) is 2.08. The normalized spacial score (nSPS) is 19.5. The molecule has 28 heavy (non-hydrogen) atoms. The zero-order valence-corrected chi connectivity index (χ0v) is 17.0. The molecule has 6 nitrogen and oxygen atoms in total. The Bertz CT molecular complexity index is 939. The van der Waals surface area contributed by atoms with Crippen LogP contribution in [0.3, 0.4) is 0 Å². The molecule has 0 aromatic carbocycles. The van der Waals surface area contributed by atoms with E-state index in [0.29, 0.717) is 23.6 Å². The van der Waals surface area contributed by atoms with Gasteiger partial charge in [-0.1, -0.05) is 0 Å². The molecule has 3 aromatic heterocycles. The summed E-state index contributed by atoms with van der Waals surface area (Å²) in [6.45, 7) is 4.69. The van der Waals surface area contributed by atoms with Crippen molar-refractivity contribution in [1.29, 1.82) is 0 Å². The molecule has 1 aliphatic rings. The maximum Gasteiger partial charge on any atom is 0.261 e. The molecule has 0 aliphatic heterocycles. The molecule has 1 fully saturated rings. The average Bonchev–Trinajstić information content (AvgIpc) is 3.37. The highest BCUT2D eigenvalue weighted by atomic mass is 32.1. The molecule has 1 saturated carbocycles. The number of thiophene rings is 1. The first-order chi connectivity index (χ1) is 13.6. The number of nitrogens with zero attached hydrogens (tertiary/aromatic N) is 3. The first-order valence-corrected chi connectivity index (χ1v) is 10.6. The molecule has 3 aromatic rings. The second-order valence-electron chi connectivity index (χ2n) is 7.55. The molecule has 0 bridgehead atoms. The van der Waals surface area contributed by atoms with Gasteiger partial charge in [0.2, 0.25) is 11.8 Å². The van der Waals surface area contributed by atoms with Gasteiger partial charge in [0.05, 0.1) is 10.4 Å². The van der Waals surface area contributed by atoms with Crippen molar-refractivity contribution in [3.63, 3.8) is 0 Å². The van der Waals surface area contributed by atoms with Crippen LogP contribution in [0.15, 0.2) is 34.2 Å². The minimum atomic E-state index is 0.0356. The van der Waals surface area contributed by atoms with Gasteiger partial charge < -0.3 is 9.73 Å². The Morgan fingerprint density at radius 2 is 2.04 bits per heavy atom. The summed E-state index contributed by atoms with van der Waals surface area (Å²) >= 11 is 1.50. The summed E-state index contributed by atoms with van der Waals surface area (Å²) in [6, 6.07) is 5.83. The zero-order valence-electron chi connectivity index (χ0n) is 16.1. The molecule has 0 spiro atoms. The van der Waals surface area contributed by atoms with Gasteiger partial charge in [-0.15, -0.1) is 21.5 Å². The summed E-state index contributed by atoms with van der Waals surface area (Å²) in [4.78, 5) is 17.3. The van der Waals surface area contributed by atoms with Crippen molar-refractivity contribution in [3.05, 3.63) is 51.8 Å². The molecule has 0 atom stereocenters. The molecule has 3 heterocycles. The third-order valence-corrected chi connectivity index (χ3v) is 6.35. The number of carbonyl (C=O) groups is 1. The van der Waals surface area contributed by atoms with Gasteiger partial charge in [-0.05, 0) is 74.6 Å². The Morgan fingerprint density at radius 3 is 2.71 bits per heavy atom. The lowest BCUT2D eigenvalue weighted by Gasteiger charge is -2.26. The lowest BCUT2D eigenvalue weighted by atomic mass is 9.82. The number of nitrogens with one attached hydrogen (secondary N) is 1. The SMILES string of the molecule is Cc1csc(C(=O)NCC2CCC(c3nnc(-c4ccc(C)nc4)o3)CC2)c1. The van der Waals surface area contributed by atoms with E-state index in [1.54, 1.807) is 6.20 Å². The van der Waals surface area contributed by atoms with Crippen LogP contribution in [0.1, 0.15) is 58.4 Å². The summed E-state index contributed by atoms with van der Waals surface area (Å²) in [6.07, 6.45) is 5.89. The highest BCUT2D eigenvalue weighted by Crippen LogP contribution is 2.35. The third kappa shape index (κ3) is 4.30. The van der Waals surface area contributed by atoms with Crippen LogP contribution < -0.4 is 5.32 Å². The molecule has 0 unspecified atom stereocenters. The van der Waals surface area contributed by atoms with Gasteiger partial charge in [-0.25, -0.2) is 0 Å². The van der Waals surface area contributed by atoms with E-state index in [1.165, 1.54) is 11.3 Å². The average molecular weight is 397 g/mol. The van der Waals surface area contributed by atoms with E-state index in [4.69, 9.17) is 4.42 Å². The maximum atomic E-state index is 12.2. The van der Waals surface area contributed by atoms with Gasteiger partial charge in [0.1, 0.15) is 0 Å². The monoisotopic (exact) mass is 396 g/mol. The predicted molar refractivity (Wildman–Crippen MR) is 108 cm³/mol. The topological polar surface area (TPSA) is 80.9 Å². The van der Waals surface area contributed by atoms with Crippen molar-refractivity contribution in [2.45, 2.75) is 45.4 Å². The van der Waals surface area contributed by atoms with Crippen molar-refractivity contribution in [2.75, 3.05) is 6.54 Å². The van der Waals surface area contributed by atoms with E-state index in [0.717, 1.165) is 53.9 Å². The third-order valence-electron chi connectivity index (χ3n) is 5.30. The fraction of sp³-hybridized carbons (Fsp3) is 0.429. The van der Waals surface area contributed by atoms with Crippen molar-refractivity contribution in [1.82, 2.24) is 20.5 Å². The van der Waals surface area contributed by atoms with Crippen molar-refractivity contribution >= 4 is 17.2 Å². The number of rotatable bonds is 5. The fourth-order valence-electron chi connectivity index (χ4n) is 3.60. The van der Waals surface area contributed by atoms with Gasteiger partial charge in [-0.2, -0.15) is 0 Å². The van der Waals surface area contributed by atoms with Crippen LogP contribution in [0.4, 0.5) is 0 Å². The Balaban J connectivity index is 1.28.